The van der Waals surface area contributed by atoms with E-state index < -0.39 is 0 Å². The van der Waals surface area contributed by atoms with E-state index in [0.29, 0.717) is 11.5 Å². The van der Waals surface area contributed by atoms with Crippen molar-refractivity contribution in [3.8, 4) is 17.2 Å². The van der Waals surface area contributed by atoms with Crippen molar-refractivity contribution in [3.05, 3.63) is 60.8 Å². The first kappa shape index (κ1) is 11.5. The maximum Gasteiger partial charge on any atom is 0.169 e. The Hall–Kier alpha value is -2.55. The van der Waals surface area contributed by atoms with Gasteiger partial charge in [0, 0.05) is 11.6 Å². The highest BCUT2D eigenvalue weighted by Crippen LogP contribution is 2.33. The summed E-state index contributed by atoms with van der Waals surface area (Å²) in [4.78, 5) is 4.31. The highest BCUT2D eigenvalue weighted by atomic mass is 16.5. The van der Waals surface area contributed by atoms with Crippen LogP contribution >= 0.6 is 0 Å². The molecule has 3 aromatic rings. The van der Waals surface area contributed by atoms with Crippen molar-refractivity contribution in [1.29, 1.82) is 0 Å². The number of rotatable bonds is 3. The molecule has 3 rings (SSSR count). The lowest BCUT2D eigenvalue weighted by Crippen LogP contribution is -1.91. The second kappa shape index (κ2) is 4.98. The van der Waals surface area contributed by atoms with Crippen molar-refractivity contribution < 1.29 is 9.47 Å². The maximum absolute atomic E-state index is 5.95. The Kier molecular flexibility index (Phi) is 3.02. The molecule has 0 amide bonds. The Labute approximate surface area is 111 Å². The first-order valence-electron chi connectivity index (χ1n) is 6.03. The summed E-state index contributed by atoms with van der Waals surface area (Å²) in [5, 5.41) is 0.982. The van der Waals surface area contributed by atoms with Crippen LogP contribution in [0.4, 0.5) is 0 Å². The Morgan fingerprint density at radius 1 is 0.789 bits per heavy atom. The van der Waals surface area contributed by atoms with Gasteiger partial charge in [-0.25, -0.2) is 0 Å². The second-order valence-corrected chi connectivity index (χ2v) is 4.08. The Balaban J connectivity index is 2.06. The zero-order chi connectivity index (χ0) is 13.1. The minimum Gasteiger partial charge on any atom is -0.493 e. The molecule has 0 radical (unpaired) electrons. The fourth-order valence-electron chi connectivity index (χ4n) is 1.98. The summed E-state index contributed by atoms with van der Waals surface area (Å²) in [5.41, 5.74) is 0.912. The fourth-order valence-corrected chi connectivity index (χ4v) is 1.98. The highest BCUT2D eigenvalue weighted by Gasteiger charge is 2.07. The van der Waals surface area contributed by atoms with Crippen LogP contribution in [0.1, 0.15) is 0 Å². The topological polar surface area (TPSA) is 31.4 Å². The summed E-state index contributed by atoms with van der Waals surface area (Å²) >= 11 is 0. The average Bonchev–Trinajstić information content (AvgIpc) is 2.48. The Bertz CT molecular complexity index is 704. The molecule has 0 N–H and O–H groups in total. The molecule has 3 nitrogen and oxygen atoms in total. The molecule has 0 bridgehead atoms. The highest BCUT2D eigenvalue weighted by molar-refractivity contribution is 5.85. The number of benzene rings is 2. The summed E-state index contributed by atoms with van der Waals surface area (Å²) in [5.74, 6) is 2.18. The van der Waals surface area contributed by atoms with Gasteiger partial charge in [0.2, 0.25) is 0 Å². The predicted octanol–water partition coefficient (Wildman–Crippen LogP) is 4.04. The van der Waals surface area contributed by atoms with Crippen LogP contribution in [0.15, 0.2) is 60.8 Å². The molecule has 0 saturated carbocycles. The van der Waals surface area contributed by atoms with Gasteiger partial charge in [0.25, 0.3) is 0 Å². The summed E-state index contributed by atoms with van der Waals surface area (Å²) in [6, 6.07) is 17.3. The molecular formula is C16H13NO2. The number of nitrogens with zero attached hydrogens (tertiary/aromatic N) is 1. The molecule has 0 spiro atoms. The standard InChI is InChI=1S/C16H13NO2/c1-18-15-8-4-5-9-16(15)19-14-10-11-17-13-7-3-2-6-12(13)14/h2-11H,1H3. The zero-order valence-electron chi connectivity index (χ0n) is 10.5. The van der Waals surface area contributed by atoms with Gasteiger partial charge in [-0.05, 0) is 30.3 Å². The largest absolute Gasteiger partial charge is 0.493 e. The minimum absolute atomic E-state index is 0.696. The number of pyridine rings is 1. The normalized spacial score (nSPS) is 10.4. The van der Waals surface area contributed by atoms with Crippen LogP contribution in [-0.4, -0.2) is 12.1 Å². The van der Waals surface area contributed by atoms with E-state index in [-0.39, 0.29) is 0 Å². The van der Waals surface area contributed by atoms with E-state index in [2.05, 4.69) is 4.98 Å². The molecule has 0 atom stereocenters. The molecule has 0 saturated heterocycles. The second-order valence-electron chi connectivity index (χ2n) is 4.08. The molecule has 1 aromatic heterocycles. The van der Waals surface area contributed by atoms with Crippen molar-refractivity contribution in [3.63, 3.8) is 0 Å². The van der Waals surface area contributed by atoms with Gasteiger partial charge in [-0.1, -0.05) is 24.3 Å². The van der Waals surface area contributed by atoms with E-state index in [0.717, 1.165) is 16.7 Å². The van der Waals surface area contributed by atoms with Gasteiger partial charge in [0.05, 0.1) is 12.6 Å². The minimum atomic E-state index is 0.696. The van der Waals surface area contributed by atoms with E-state index >= 15 is 0 Å². The van der Waals surface area contributed by atoms with Crippen LogP contribution < -0.4 is 9.47 Å². The Morgan fingerprint density at radius 3 is 2.37 bits per heavy atom. The molecule has 2 aromatic carbocycles. The summed E-state index contributed by atoms with van der Waals surface area (Å²) in [6.45, 7) is 0. The van der Waals surface area contributed by atoms with E-state index in [9.17, 15) is 0 Å². The van der Waals surface area contributed by atoms with Crippen LogP contribution in [0, 0.1) is 0 Å². The van der Waals surface area contributed by atoms with Gasteiger partial charge in [-0.15, -0.1) is 0 Å². The van der Waals surface area contributed by atoms with Gasteiger partial charge in [0.15, 0.2) is 11.5 Å². The van der Waals surface area contributed by atoms with Crippen molar-refractivity contribution in [2.75, 3.05) is 7.11 Å². The van der Waals surface area contributed by atoms with Gasteiger partial charge >= 0.3 is 0 Å². The lowest BCUT2D eigenvalue weighted by molar-refractivity contribution is 0.380. The molecular weight excluding hydrogens is 238 g/mol. The molecule has 0 fully saturated rings. The molecule has 0 aliphatic carbocycles. The van der Waals surface area contributed by atoms with E-state index in [4.69, 9.17) is 9.47 Å². The molecule has 94 valence electrons. The molecule has 3 heteroatoms. The van der Waals surface area contributed by atoms with Crippen molar-refractivity contribution in [2.24, 2.45) is 0 Å². The maximum atomic E-state index is 5.95. The monoisotopic (exact) mass is 251 g/mol. The lowest BCUT2D eigenvalue weighted by atomic mass is 10.2. The first-order valence-corrected chi connectivity index (χ1v) is 6.03. The molecule has 0 aliphatic rings. The van der Waals surface area contributed by atoms with Gasteiger partial charge in [-0.2, -0.15) is 0 Å². The van der Waals surface area contributed by atoms with E-state index in [1.165, 1.54) is 0 Å². The number of ether oxygens (including phenoxy) is 2. The average molecular weight is 251 g/mol. The first-order chi connectivity index (χ1) is 9.38. The van der Waals surface area contributed by atoms with Crippen molar-refractivity contribution in [1.82, 2.24) is 4.98 Å². The van der Waals surface area contributed by atoms with Gasteiger partial charge in [0.1, 0.15) is 5.75 Å². The lowest BCUT2D eigenvalue weighted by Gasteiger charge is -2.11. The number of para-hydroxylation sites is 3. The molecule has 0 unspecified atom stereocenters. The van der Waals surface area contributed by atoms with Crippen molar-refractivity contribution in [2.45, 2.75) is 0 Å². The number of methoxy groups -OCH3 is 1. The summed E-state index contributed by atoms with van der Waals surface area (Å²) in [7, 11) is 1.63. The number of aromatic nitrogens is 1. The summed E-state index contributed by atoms with van der Waals surface area (Å²) < 4.78 is 11.2. The van der Waals surface area contributed by atoms with Crippen molar-refractivity contribution >= 4 is 10.9 Å². The van der Waals surface area contributed by atoms with E-state index in [1.54, 1.807) is 13.3 Å². The van der Waals surface area contributed by atoms with Crippen LogP contribution in [0.5, 0.6) is 17.2 Å². The number of hydrogen-bond acceptors (Lipinski definition) is 3. The molecule has 1 heterocycles. The van der Waals surface area contributed by atoms with Crippen LogP contribution in [-0.2, 0) is 0 Å². The number of hydrogen-bond donors (Lipinski definition) is 0. The van der Waals surface area contributed by atoms with Gasteiger partial charge < -0.3 is 9.47 Å². The number of fused-ring (bicyclic) bond motifs is 1. The zero-order valence-corrected chi connectivity index (χ0v) is 10.5. The fraction of sp³-hybridized carbons (Fsp3) is 0.0625. The van der Waals surface area contributed by atoms with Gasteiger partial charge in [-0.3, -0.25) is 4.98 Å². The summed E-state index contributed by atoms with van der Waals surface area (Å²) in [6.07, 6.45) is 1.74. The molecule has 0 aliphatic heterocycles. The Morgan fingerprint density at radius 2 is 1.53 bits per heavy atom. The third kappa shape index (κ3) is 2.22. The van der Waals surface area contributed by atoms with Crippen LogP contribution in [0.2, 0.25) is 0 Å². The van der Waals surface area contributed by atoms with E-state index in [1.807, 2.05) is 54.6 Å². The molecule has 19 heavy (non-hydrogen) atoms. The van der Waals surface area contributed by atoms with Crippen LogP contribution in [0.25, 0.3) is 10.9 Å². The quantitative estimate of drug-likeness (QED) is 0.704. The third-order valence-corrected chi connectivity index (χ3v) is 2.90. The predicted molar refractivity (Wildman–Crippen MR) is 74.8 cm³/mol. The SMILES string of the molecule is COc1ccccc1Oc1ccnc2ccccc12. The van der Waals surface area contributed by atoms with Crippen LogP contribution in [0.3, 0.4) is 0 Å². The third-order valence-electron chi connectivity index (χ3n) is 2.90. The smallest absolute Gasteiger partial charge is 0.169 e.